The van der Waals surface area contributed by atoms with Gasteiger partial charge in [0.2, 0.25) is 11.8 Å². The number of esters is 1. The summed E-state index contributed by atoms with van der Waals surface area (Å²) in [6.45, 7) is 12.8. The van der Waals surface area contributed by atoms with Crippen LogP contribution in [-0.2, 0) is 25.5 Å². The largest absolute Gasteiger partial charge is 0.463 e. The van der Waals surface area contributed by atoms with Crippen LogP contribution in [0.15, 0.2) is 66.2 Å². The Hall–Kier alpha value is -3.78. The lowest BCUT2D eigenvalue weighted by molar-refractivity contribution is -0.139. The number of ether oxygens (including phenoxy) is 1. The molecule has 1 aliphatic rings. The minimum absolute atomic E-state index is 0.00204. The van der Waals surface area contributed by atoms with Gasteiger partial charge in [-0.25, -0.2) is 4.79 Å². The lowest BCUT2D eigenvalue weighted by atomic mass is 9.95. The fourth-order valence-electron chi connectivity index (χ4n) is 5.96. The van der Waals surface area contributed by atoms with Crippen molar-refractivity contribution < 1.29 is 23.9 Å². The molecule has 0 spiro atoms. The van der Waals surface area contributed by atoms with Crippen LogP contribution in [0.3, 0.4) is 0 Å². The maximum absolute atomic E-state index is 14.2. The van der Waals surface area contributed by atoms with Crippen LogP contribution in [0, 0.1) is 5.92 Å². The van der Waals surface area contributed by atoms with Crippen molar-refractivity contribution in [2.75, 3.05) is 20.2 Å². The zero-order chi connectivity index (χ0) is 33.1. The van der Waals surface area contributed by atoms with Crippen molar-refractivity contribution in [2.45, 2.75) is 97.8 Å². The van der Waals surface area contributed by atoms with Crippen LogP contribution < -0.4 is 5.32 Å². The lowest BCUT2D eigenvalue weighted by Gasteiger charge is -2.39. The van der Waals surface area contributed by atoms with Crippen LogP contribution in [0.5, 0.6) is 0 Å². The lowest BCUT2D eigenvalue weighted by Crippen LogP contribution is -2.58. The number of nitrogens with zero attached hydrogens (tertiary/aromatic N) is 2. The van der Waals surface area contributed by atoms with Crippen molar-refractivity contribution in [1.82, 2.24) is 15.1 Å². The average Bonchev–Trinajstić information content (AvgIpc) is 3.06. The molecule has 2 amide bonds. The summed E-state index contributed by atoms with van der Waals surface area (Å²) in [7, 11) is 1.72. The smallest absolute Gasteiger partial charge is 0.333 e. The van der Waals surface area contributed by atoms with E-state index in [1.165, 1.54) is 0 Å². The van der Waals surface area contributed by atoms with Gasteiger partial charge in [-0.05, 0) is 58.1 Å². The molecule has 0 aliphatic carbocycles. The zero-order valence-corrected chi connectivity index (χ0v) is 28.0. The molecule has 1 saturated heterocycles. The highest BCUT2D eigenvalue weighted by molar-refractivity contribution is 6.09. The van der Waals surface area contributed by atoms with Gasteiger partial charge in [-0.15, -0.1) is 0 Å². The van der Waals surface area contributed by atoms with Crippen molar-refractivity contribution >= 4 is 23.6 Å². The zero-order valence-electron chi connectivity index (χ0n) is 28.0. The summed E-state index contributed by atoms with van der Waals surface area (Å²) in [4.78, 5) is 57.3. The SMILES string of the molecule is CCOC(=O)/C(C)=C/C(C(C)C)N(C)C(=O)C(Cc1ccc(C(=O)c2ccccc2)cc1)NC(=O)C1CCCCN1C(C)CC. The van der Waals surface area contributed by atoms with E-state index in [1.54, 1.807) is 56.1 Å². The summed E-state index contributed by atoms with van der Waals surface area (Å²) in [5.74, 6) is -0.875. The highest BCUT2D eigenvalue weighted by atomic mass is 16.5. The van der Waals surface area contributed by atoms with Gasteiger partial charge in [0.25, 0.3) is 0 Å². The van der Waals surface area contributed by atoms with E-state index in [4.69, 9.17) is 4.74 Å². The summed E-state index contributed by atoms with van der Waals surface area (Å²) >= 11 is 0. The second-order valence-corrected chi connectivity index (χ2v) is 12.4. The number of hydrogen-bond donors (Lipinski definition) is 1. The Balaban J connectivity index is 1.90. The maximum atomic E-state index is 14.2. The standard InChI is InChI=1S/C37H51N3O5/c1-8-27(6)40-22-14-13-17-32(40)35(42)38-31(36(43)39(7)33(25(3)4)23-26(5)37(44)45-9-2)24-28-18-20-30(21-19-28)34(41)29-15-11-10-12-16-29/h10-12,15-16,18-21,23,25,27,31-33H,8-9,13-14,17,22,24H2,1-7H3,(H,38,42)/b26-23+. The van der Waals surface area contributed by atoms with Gasteiger partial charge in [-0.1, -0.05) is 87.9 Å². The number of piperidine rings is 1. The molecule has 4 atom stereocenters. The van der Waals surface area contributed by atoms with E-state index in [-0.39, 0.29) is 48.6 Å². The molecule has 0 saturated carbocycles. The van der Waals surface area contributed by atoms with Gasteiger partial charge < -0.3 is 15.0 Å². The molecule has 2 aromatic rings. The normalized spacial score (nSPS) is 17.7. The number of nitrogens with one attached hydrogen (secondary N) is 1. The van der Waals surface area contributed by atoms with Crippen LogP contribution in [0.2, 0.25) is 0 Å². The van der Waals surface area contributed by atoms with E-state index < -0.39 is 18.1 Å². The predicted octanol–water partition coefficient (Wildman–Crippen LogP) is 5.59. The molecule has 1 N–H and O–H groups in total. The molecule has 45 heavy (non-hydrogen) atoms. The third-order valence-corrected chi connectivity index (χ3v) is 8.81. The number of carbonyl (C=O) groups is 4. The average molecular weight is 618 g/mol. The molecular formula is C37H51N3O5. The highest BCUT2D eigenvalue weighted by Gasteiger charge is 2.35. The van der Waals surface area contributed by atoms with Gasteiger partial charge >= 0.3 is 5.97 Å². The molecule has 1 aliphatic heterocycles. The number of carbonyl (C=O) groups excluding carboxylic acids is 4. The first kappa shape index (κ1) is 35.7. The number of likely N-dealkylation sites (N-methyl/N-ethyl adjacent to an activating group) is 1. The van der Waals surface area contributed by atoms with Crippen LogP contribution >= 0.6 is 0 Å². The molecule has 8 nitrogen and oxygen atoms in total. The fraction of sp³-hybridized carbons (Fsp3) is 0.514. The van der Waals surface area contributed by atoms with Crippen LogP contribution in [-0.4, -0.2) is 77.7 Å². The summed E-state index contributed by atoms with van der Waals surface area (Å²) in [5, 5.41) is 3.13. The van der Waals surface area contributed by atoms with Crippen LogP contribution in [0.4, 0.5) is 0 Å². The molecule has 3 rings (SSSR count). The van der Waals surface area contributed by atoms with Crippen molar-refractivity contribution in [3.05, 3.63) is 82.9 Å². The van der Waals surface area contributed by atoms with E-state index in [0.717, 1.165) is 37.8 Å². The first-order valence-corrected chi connectivity index (χ1v) is 16.3. The number of benzene rings is 2. The van der Waals surface area contributed by atoms with E-state index in [1.807, 2.05) is 44.2 Å². The van der Waals surface area contributed by atoms with Gasteiger partial charge in [0.15, 0.2) is 5.78 Å². The van der Waals surface area contributed by atoms with E-state index >= 15 is 0 Å². The van der Waals surface area contributed by atoms with Crippen molar-refractivity contribution in [3.63, 3.8) is 0 Å². The molecule has 244 valence electrons. The minimum Gasteiger partial charge on any atom is -0.463 e. The third kappa shape index (κ3) is 9.60. The fourth-order valence-corrected chi connectivity index (χ4v) is 5.96. The number of rotatable bonds is 14. The Morgan fingerprint density at radius 2 is 1.62 bits per heavy atom. The van der Waals surface area contributed by atoms with Crippen molar-refractivity contribution in [1.29, 1.82) is 0 Å². The van der Waals surface area contributed by atoms with E-state index in [2.05, 4.69) is 24.1 Å². The van der Waals surface area contributed by atoms with Gasteiger partial charge in [-0.3, -0.25) is 19.3 Å². The summed E-state index contributed by atoms with van der Waals surface area (Å²) in [6, 6.07) is 15.1. The quantitative estimate of drug-likeness (QED) is 0.169. The summed E-state index contributed by atoms with van der Waals surface area (Å²) in [6.07, 6.45) is 5.74. The van der Waals surface area contributed by atoms with Gasteiger partial charge in [0.05, 0.1) is 18.7 Å². The molecule has 0 aromatic heterocycles. The molecule has 1 fully saturated rings. The van der Waals surface area contributed by atoms with Gasteiger partial charge in [0.1, 0.15) is 6.04 Å². The first-order valence-electron chi connectivity index (χ1n) is 16.3. The molecule has 4 unspecified atom stereocenters. The summed E-state index contributed by atoms with van der Waals surface area (Å²) < 4.78 is 5.17. The molecule has 2 aromatic carbocycles. The third-order valence-electron chi connectivity index (χ3n) is 8.81. The van der Waals surface area contributed by atoms with Crippen molar-refractivity contribution in [3.8, 4) is 0 Å². The summed E-state index contributed by atoms with van der Waals surface area (Å²) in [5.41, 5.74) is 2.42. The number of ketones is 1. The van der Waals surface area contributed by atoms with E-state index in [9.17, 15) is 19.2 Å². The predicted molar refractivity (Wildman–Crippen MR) is 178 cm³/mol. The Labute approximate surface area is 269 Å². The Morgan fingerprint density at radius 3 is 2.22 bits per heavy atom. The van der Waals surface area contributed by atoms with Gasteiger partial charge in [-0.2, -0.15) is 0 Å². The number of likely N-dealkylation sites (tertiary alicyclic amines) is 1. The van der Waals surface area contributed by atoms with Crippen LogP contribution in [0.25, 0.3) is 0 Å². The van der Waals surface area contributed by atoms with Crippen molar-refractivity contribution in [2.24, 2.45) is 5.92 Å². The number of hydrogen-bond acceptors (Lipinski definition) is 6. The Morgan fingerprint density at radius 1 is 0.978 bits per heavy atom. The topological polar surface area (TPSA) is 96.0 Å². The molecule has 1 heterocycles. The second kappa shape index (κ2) is 17.1. The Kier molecular flexibility index (Phi) is 13.5. The Bertz CT molecular complexity index is 1320. The van der Waals surface area contributed by atoms with E-state index in [0.29, 0.717) is 16.7 Å². The molecular weight excluding hydrogens is 566 g/mol. The number of amides is 2. The first-order chi connectivity index (χ1) is 21.5. The minimum atomic E-state index is -0.837. The maximum Gasteiger partial charge on any atom is 0.333 e. The molecule has 0 radical (unpaired) electrons. The second-order valence-electron chi connectivity index (χ2n) is 12.4. The molecule has 0 bridgehead atoms. The van der Waals surface area contributed by atoms with Crippen LogP contribution in [0.1, 0.15) is 88.7 Å². The highest BCUT2D eigenvalue weighted by Crippen LogP contribution is 2.23. The van der Waals surface area contributed by atoms with Gasteiger partial charge in [0, 0.05) is 36.2 Å². The molecule has 8 heteroatoms. The monoisotopic (exact) mass is 617 g/mol.